The molecule has 1 aliphatic carbocycles. The molecule has 1 saturated carbocycles. The number of benzene rings is 3. The number of rotatable bonds is 6. The molecular formula is C29H29F3O. The fourth-order valence-corrected chi connectivity index (χ4v) is 4.21. The maximum atomic E-state index is 14.7. The van der Waals surface area contributed by atoms with Gasteiger partial charge in [-0.2, -0.15) is 8.78 Å². The summed E-state index contributed by atoms with van der Waals surface area (Å²) in [5.41, 5.74) is 2.68. The van der Waals surface area contributed by atoms with Gasteiger partial charge in [-0.1, -0.05) is 68.3 Å². The lowest BCUT2D eigenvalue weighted by atomic mass is 9.83. The summed E-state index contributed by atoms with van der Waals surface area (Å²) in [6.45, 7) is 3.98. The van der Waals surface area contributed by atoms with Crippen LogP contribution in [0.2, 0.25) is 0 Å². The number of allylic oxidation sites excluding steroid dienone is 1. The Bertz CT molecular complexity index is 1090. The maximum Gasteiger partial charge on any atom is 0.426 e. The second-order valence-corrected chi connectivity index (χ2v) is 9.11. The zero-order valence-electron chi connectivity index (χ0n) is 19.0. The standard InChI is InChI=1S/C29H29F3O/c1-20-3-6-22(7-4-20)8-9-23-10-15-26(16-11-23)29(31,32)33-27-17-13-24(14-18-27)25-12-5-21(2)28(30)19-25/h5,8-20,22H,3-4,6-7H2,1-2H3/b9-8+. The average Bonchev–Trinajstić information content (AvgIpc) is 2.81. The molecule has 0 aromatic heterocycles. The quantitative estimate of drug-likeness (QED) is 0.365. The molecule has 0 bridgehead atoms. The van der Waals surface area contributed by atoms with Crippen LogP contribution in [0, 0.1) is 24.6 Å². The Morgan fingerprint density at radius 1 is 0.848 bits per heavy atom. The predicted molar refractivity (Wildman–Crippen MR) is 128 cm³/mol. The van der Waals surface area contributed by atoms with Crippen molar-refractivity contribution in [3.63, 3.8) is 0 Å². The number of aryl methyl sites for hydroxylation is 1. The summed E-state index contributed by atoms with van der Waals surface area (Å²) in [6, 6.07) is 17.4. The summed E-state index contributed by atoms with van der Waals surface area (Å²) in [5.74, 6) is 1.13. The Kier molecular flexibility index (Phi) is 6.92. The van der Waals surface area contributed by atoms with Gasteiger partial charge in [-0.05, 0) is 84.2 Å². The Hall–Kier alpha value is -3.01. The molecule has 3 aromatic rings. The van der Waals surface area contributed by atoms with Gasteiger partial charge in [0.15, 0.2) is 0 Å². The Morgan fingerprint density at radius 3 is 2.12 bits per heavy atom. The summed E-state index contributed by atoms with van der Waals surface area (Å²) < 4.78 is 48.2. The second kappa shape index (κ2) is 9.86. The van der Waals surface area contributed by atoms with E-state index >= 15 is 0 Å². The highest BCUT2D eigenvalue weighted by molar-refractivity contribution is 5.64. The molecule has 3 aromatic carbocycles. The van der Waals surface area contributed by atoms with Crippen molar-refractivity contribution < 1.29 is 17.9 Å². The van der Waals surface area contributed by atoms with Crippen LogP contribution in [0.1, 0.15) is 49.3 Å². The molecule has 1 nitrogen and oxygen atoms in total. The lowest BCUT2D eigenvalue weighted by Gasteiger charge is -2.23. The normalized spacial score (nSPS) is 19.1. The zero-order valence-corrected chi connectivity index (χ0v) is 19.0. The lowest BCUT2D eigenvalue weighted by Crippen LogP contribution is -2.21. The first-order valence-corrected chi connectivity index (χ1v) is 11.5. The molecule has 0 aliphatic heterocycles. The molecule has 1 aliphatic rings. The molecule has 0 heterocycles. The number of alkyl halides is 2. The van der Waals surface area contributed by atoms with Crippen molar-refractivity contribution in [2.45, 2.75) is 45.6 Å². The van der Waals surface area contributed by atoms with E-state index < -0.39 is 6.11 Å². The van der Waals surface area contributed by atoms with Gasteiger partial charge < -0.3 is 4.74 Å². The molecule has 33 heavy (non-hydrogen) atoms. The van der Waals surface area contributed by atoms with Gasteiger partial charge in [0.1, 0.15) is 11.6 Å². The van der Waals surface area contributed by atoms with Gasteiger partial charge >= 0.3 is 6.11 Å². The second-order valence-electron chi connectivity index (χ2n) is 9.11. The van der Waals surface area contributed by atoms with Crippen LogP contribution in [-0.2, 0) is 6.11 Å². The van der Waals surface area contributed by atoms with Gasteiger partial charge in [0.05, 0.1) is 5.56 Å². The molecule has 4 heteroatoms. The highest BCUT2D eigenvalue weighted by atomic mass is 19.3. The molecular weight excluding hydrogens is 421 g/mol. The largest absolute Gasteiger partial charge is 0.429 e. The summed E-state index contributed by atoms with van der Waals surface area (Å²) in [7, 11) is 0. The van der Waals surface area contributed by atoms with Gasteiger partial charge in [0, 0.05) is 0 Å². The average molecular weight is 451 g/mol. The number of ether oxygens (including phenoxy) is 1. The molecule has 0 radical (unpaired) electrons. The van der Waals surface area contributed by atoms with Gasteiger partial charge in [-0.25, -0.2) is 4.39 Å². The Labute approximate surface area is 193 Å². The van der Waals surface area contributed by atoms with Crippen molar-refractivity contribution in [2.75, 3.05) is 0 Å². The monoisotopic (exact) mass is 450 g/mol. The maximum absolute atomic E-state index is 14.7. The Morgan fingerprint density at radius 2 is 1.48 bits per heavy atom. The number of hydrogen-bond donors (Lipinski definition) is 0. The molecule has 0 atom stereocenters. The first kappa shape index (κ1) is 23.2. The van der Waals surface area contributed by atoms with Crippen LogP contribution in [0.3, 0.4) is 0 Å². The van der Waals surface area contributed by atoms with Crippen LogP contribution in [0.5, 0.6) is 5.75 Å². The molecule has 172 valence electrons. The van der Waals surface area contributed by atoms with Crippen molar-refractivity contribution in [1.29, 1.82) is 0 Å². The fraction of sp³-hybridized carbons (Fsp3) is 0.310. The summed E-state index contributed by atoms with van der Waals surface area (Å²) in [6.07, 6.45) is 5.66. The van der Waals surface area contributed by atoms with E-state index in [0.717, 1.165) is 17.0 Å². The summed E-state index contributed by atoms with van der Waals surface area (Å²) in [4.78, 5) is 0. The van der Waals surface area contributed by atoms with Crippen LogP contribution in [-0.4, -0.2) is 0 Å². The van der Waals surface area contributed by atoms with E-state index in [1.165, 1.54) is 56.0 Å². The highest BCUT2D eigenvalue weighted by Gasteiger charge is 2.34. The minimum Gasteiger partial charge on any atom is -0.429 e. The van der Waals surface area contributed by atoms with Gasteiger partial charge in [-0.3, -0.25) is 0 Å². The third kappa shape index (κ3) is 5.87. The van der Waals surface area contributed by atoms with Crippen LogP contribution in [0.25, 0.3) is 17.2 Å². The molecule has 0 saturated heterocycles. The van der Waals surface area contributed by atoms with E-state index in [1.54, 1.807) is 43.3 Å². The third-order valence-electron chi connectivity index (χ3n) is 6.47. The number of hydrogen-bond acceptors (Lipinski definition) is 1. The van der Waals surface area contributed by atoms with Gasteiger partial charge in [0.25, 0.3) is 0 Å². The van der Waals surface area contributed by atoms with E-state index in [1.807, 2.05) is 6.08 Å². The minimum absolute atomic E-state index is 0.0480. The fourth-order valence-electron chi connectivity index (χ4n) is 4.21. The molecule has 0 amide bonds. The molecule has 0 spiro atoms. The van der Waals surface area contributed by atoms with E-state index in [2.05, 4.69) is 13.0 Å². The minimum atomic E-state index is -3.46. The first-order valence-electron chi connectivity index (χ1n) is 11.5. The van der Waals surface area contributed by atoms with Gasteiger partial charge in [-0.15, -0.1) is 0 Å². The molecule has 4 rings (SSSR count). The predicted octanol–water partition coefficient (Wildman–Crippen LogP) is 8.77. The topological polar surface area (TPSA) is 9.23 Å². The molecule has 0 unspecified atom stereocenters. The zero-order chi connectivity index (χ0) is 23.4. The van der Waals surface area contributed by atoms with Gasteiger partial charge in [0.2, 0.25) is 0 Å². The van der Waals surface area contributed by atoms with Crippen LogP contribution >= 0.6 is 0 Å². The highest BCUT2D eigenvalue weighted by Crippen LogP contribution is 2.34. The van der Waals surface area contributed by atoms with Crippen molar-refractivity contribution >= 4 is 6.08 Å². The molecule has 1 fully saturated rings. The van der Waals surface area contributed by atoms with Crippen molar-refractivity contribution in [2.24, 2.45) is 11.8 Å². The third-order valence-corrected chi connectivity index (χ3v) is 6.47. The van der Waals surface area contributed by atoms with Crippen molar-refractivity contribution in [3.05, 3.63) is 95.3 Å². The summed E-state index contributed by atoms with van der Waals surface area (Å²) in [5, 5.41) is 0. The van der Waals surface area contributed by atoms with Crippen LogP contribution in [0.4, 0.5) is 13.2 Å². The molecule has 0 N–H and O–H groups in total. The van der Waals surface area contributed by atoms with Crippen molar-refractivity contribution in [3.8, 4) is 16.9 Å². The van der Waals surface area contributed by atoms with E-state index in [0.29, 0.717) is 17.0 Å². The first-order chi connectivity index (χ1) is 15.8. The Balaban J connectivity index is 1.40. The van der Waals surface area contributed by atoms with Crippen LogP contribution in [0.15, 0.2) is 72.8 Å². The SMILES string of the molecule is Cc1ccc(-c2ccc(OC(F)(F)c3ccc(/C=C/C4CCC(C)CC4)cc3)cc2)cc1F. The number of halogens is 3. The van der Waals surface area contributed by atoms with Crippen molar-refractivity contribution in [1.82, 2.24) is 0 Å². The van der Waals surface area contributed by atoms with Crippen LogP contribution < -0.4 is 4.74 Å². The van der Waals surface area contributed by atoms with E-state index in [4.69, 9.17) is 4.74 Å². The van der Waals surface area contributed by atoms with E-state index in [9.17, 15) is 13.2 Å². The lowest BCUT2D eigenvalue weighted by molar-refractivity contribution is -0.185. The van der Waals surface area contributed by atoms with E-state index in [-0.39, 0.29) is 17.1 Å². The smallest absolute Gasteiger partial charge is 0.426 e. The summed E-state index contributed by atoms with van der Waals surface area (Å²) >= 11 is 0.